The maximum absolute atomic E-state index is 13.3. The topological polar surface area (TPSA) is 106 Å². The second-order valence-electron chi connectivity index (χ2n) is 6.47. The van der Waals surface area contributed by atoms with Gasteiger partial charge >= 0.3 is 0 Å². The Morgan fingerprint density at radius 2 is 2.07 bits per heavy atom. The number of ether oxygens (including phenoxy) is 1. The standard InChI is InChI=1S/C18H16ClN3O5S/c1-27-14-3-5-16-11(6-14)7-18(20-16)28(25,26)21-10-12(9-19)15-4-2-13(22(23)24)8-17(15)21/h2-8,12,20H,9-10H2,1H3. The molecule has 0 amide bonds. The zero-order chi connectivity index (χ0) is 20.1. The van der Waals surface area contributed by atoms with Crippen LogP contribution in [0.1, 0.15) is 11.5 Å². The largest absolute Gasteiger partial charge is 0.497 e. The average molecular weight is 422 g/mol. The summed E-state index contributed by atoms with van der Waals surface area (Å²) in [6, 6.07) is 10.9. The number of nitro groups is 1. The molecule has 8 nitrogen and oxygen atoms in total. The molecule has 4 rings (SSSR count). The van der Waals surface area contributed by atoms with Crippen LogP contribution < -0.4 is 9.04 Å². The van der Waals surface area contributed by atoms with E-state index in [1.54, 1.807) is 24.3 Å². The first-order valence-corrected chi connectivity index (χ1v) is 10.4. The summed E-state index contributed by atoms with van der Waals surface area (Å²) in [4.78, 5) is 13.5. The van der Waals surface area contributed by atoms with E-state index in [2.05, 4.69) is 4.98 Å². The monoisotopic (exact) mass is 421 g/mol. The average Bonchev–Trinajstić information content (AvgIpc) is 3.28. The van der Waals surface area contributed by atoms with E-state index >= 15 is 0 Å². The number of nitro benzene ring substituents is 1. The van der Waals surface area contributed by atoms with E-state index in [0.29, 0.717) is 22.2 Å². The molecule has 1 unspecified atom stereocenters. The molecule has 1 aromatic heterocycles. The minimum Gasteiger partial charge on any atom is -0.497 e. The number of sulfonamides is 1. The summed E-state index contributed by atoms with van der Waals surface area (Å²) in [7, 11) is -2.43. The Labute approximate surface area is 165 Å². The summed E-state index contributed by atoms with van der Waals surface area (Å²) in [5, 5.41) is 11.8. The van der Waals surface area contributed by atoms with Crippen LogP contribution >= 0.6 is 11.6 Å². The normalized spacial score (nSPS) is 16.4. The predicted octanol–water partition coefficient (Wildman–Crippen LogP) is 3.62. The number of alkyl halides is 1. The maximum atomic E-state index is 13.3. The Balaban J connectivity index is 1.82. The number of hydrogen-bond acceptors (Lipinski definition) is 5. The fourth-order valence-electron chi connectivity index (χ4n) is 3.43. The number of anilines is 1. The lowest BCUT2D eigenvalue weighted by Crippen LogP contribution is -2.30. The highest BCUT2D eigenvalue weighted by Gasteiger charge is 2.38. The van der Waals surface area contributed by atoms with Gasteiger partial charge in [0.2, 0.25) is 0 Å². The lowest BCUT2D eigenvalue weighted by atomic mass is 10.0. The quantitative estimate of drug-likeness (QED) is 0.385. The van der Waals surface area contributed by atoms with Gasteiger partial charge in [0, 0.05) is 41.4 Å². The third-order valence-corrected chi connectivity index (χ3v) is 6.95. The number of nitrogens with one attached hydrogen (secondary N) is 1. The Morgan fingerprint density at radius 1 is 1.29 bits per heavy atom. The van der Waals surface area contributed by atoms with E-state index in [1.807, 2.05) is 0 Å². The summed E-state index contributed by atoms with van der Waals surface area (Å²) in [5.41, 5.74) is 1.44. The number of nitrogens with zero attached hydrogens (tertiary/aromatic N) is 2. The molecule has 10 heteroatoms. The van der Waals surface area contributed by atoms with Gasteiger partial charge in [-0.2, -0.15) is 8.42 Å². The molecule has 2 heterocycles. The van der Waals surface area contributed by atoms with Crippen molar-refractivity contribution < 1.29 is 18.1 Å². The third-order valence-electron chi connectivity index (χ3n) is 4.88. The van der Waals surface area contributed by atoms with Crippen LogP contribution in [0.4, 0.5) is 11.4 Å². The lowest BCUT2D eigenvalue weighted by Gasteiger charge is -2.18. The molecule has 0 saturated heterocycles. The Bertz CT molecular complexity index is 1190. The highest BCUT2D eigenvalue weighted by molar-refractivity contribution is 7.92. The third kappa shape index (κ3) is 2.87. The van der Waals surface area contributed by atoms with Crippen LogP contribution in [0.5, 0.6) is 5.75 Å². The van der Waals surface area contributed by atoms with E-state index in [1.165, 1.54) is 29.6 Å². The van der Waals surface area contributed by atoms with Gasteiger partial charge in [0.15, 0.2) is 5.03 Å². The second kappa shape index (κ2) is 6.68. The highest BCUT2D eigenvalue weighted by atomic mass is 35.5. The fraction of sp³-hybridized carbons (Fsp3) is 0.222. The number of aromatic amines is 1. The molecule has 0 radical (unpaired) electrons. The van der Waals surface area contributed by atoms with Gasteiger partial charge in [-0.05, 0) is 35.9 Å². The Hall–Kier alpha value is -2.78. The minimum absolute atomic E-state index is 0.00318. The highest BCUT2D eigenvalue weighted by Crippen LogP contribution is 2.42. The number of methoxy groups -OCH3 is 1. The van der Waals surface area contributed by atoms with Gasteiger partial charge in [-0.25, -0.2) is 0 Å². The Kier molecular flexibility index (Phi) is 4.43. The van der Waals surface area contributed by atoms with Crippen LogP contribution in [0.15, 0.2) is 47.5 Å². The van der Waals surface area contributed by atoms with Gasteiger partial charge in [0.25, 0.3) is 15.7 Å². The molecular formula is C18H16ClN3O5S. The fourth-order valence-corrected chi connectivity index (χ4v) is 5.24. The van der Waals surface area contributed by atoms with Gasteiger partial charge in [-0.1, -0.05) is 0 Å². The van der Waals surface area contributed by atoms with Gasteiger partial charge in [0.1, 0.15) is 5.75 Å². The Morgan fingerprint density at radius 3 is 2.75 bits per heavy atom. The number of rotatable bonds is 5. The molecule has 0 aliphatic carbocycles. The van der Waals surface area contributed by atoms with Crippen molar-refractivity contribution in [1.82, 2.24) is 4.98 Å². The summed E-state index contributed by atoms with van der Waals surface area (Å²) in [6.45, 7) is 0.126. The summed E-state index contributed by atoms with van der Waals surface area (Å²) >= 11 is 6.02. The first-order chi connectivity index (χ1) is 13.3. The smallest absolute Gasteiger partial charge is 0.279 e. The molecule has 0 bridgehead atoms. The molecule has 0 saturated carbocycles. The molecule has 28 heavy (non-hydrogen) atoms. The van der Waals surface area contributed by atoms with E-state index in [0.717, 1.165) is 0 Å². The number of non-ortho nitro benzene ring substituents is 1. The van der Waals surface area contributed by atoms with Crippen LogP contribution in [0, 0.1) is 10.1 Å². The van der Waals surface area contributed by atoms with Crippen molar-refractivity contribution in [3.05, 3.63) is 58.1 Å². The van der Waals surface area contributed by atoms with E-state index in [9.17, 15) is 18.5 Å². The number of fused-ring (bicyclic) bond motifs is 2. The number of hydrogen-bond donors (Lipinski definition) is 1. The molecule has 0 spiro atoms. The van der Waals surface area contributed by atoms with Gasteiger partial charge < -0.3 is 9.72 Å². The SMILES string of the molecule is COc1ccc2[nH]c(S(=O)(=O)N3CC(CCl)c4ccc([N+](=O)[O-])cc43)cc2c1. The number of H-pyrrole nitrogens is 1. The van der Waals surface area contributed by atoms with Crippen molar-refractivity contribution in [2.24, 2.45) is 0 Å². The molecule has 2 aromatic carbocycles. The summed E-state index contributed by atoms with van der Waals surface area (Å²) < 4.78 is 33.0. The number of aromatic nitrogens is 1. The van der Waals surface area contributed by atoms with Crippen molar-refractivity contribution >= 4 is 43.9 Å². The molecule has 1 aliphatic heterocycles. The second-order valence-corrected chi connectivity index (χ2v) is 8.61. The summed E-state index contributed by atoms with van der Waals surface area (Å²) in [5.74, 6) is 0.581. The summed E-state index contributed by atoms with van der Waals surface area (Å²) in [6.07, 6.45) is 0. The molecule has 1 aliphatic rings. The molecular weight excluding hydrogens is 406 g/mol. The minimum atomic E-state index is -3.96. The van der Waals surface area contributed by atoms with E-state index < -0.39 is 14.9 Å². The number of benzene rings is 2. The van der Waals surface area contributed by atoms with Crippen molar-refractivity contribution in [2.45, 2.75) is 10.9 Å². The predicted molar refractivity (Wildman–Crippen MR) is 106 cm³/mol. The van der Waals surface area contributed by atoms with E-state index in [4.69, 9.17) is 16.3 Å². The van der Waals surface area contributed by atoms with E-state index in [-0.39, 0.29) is 34.7 Å². The van der Waals surface area contributed by atoms with Crippen molar-refractivity contribution in [1.29, 1.82) is 0 Å². The first-order valence-electron chi connectivity index (χ1n) is 8.39. The first kappa shape index (κ1) is 18.6. The van der Waals surface area contributed by atoms with Crippen LogP contribution in [0.3, 0.4) is 0 Å². The zero-order valence-electron chi connectivity index (χ0n) is 14.8. The van der Waals surface area contributed by atoms with Gasteiger partial charge in [-0.3, -0.25) is 14.4 Å². The van der Waals surface area contributed by atoms with Crippen LogP contribution in [0.2, 0.25) is 0 Å². The van der Waals surface area contributed by atoms with Crippen molar-refractivity contribution in [3.63, 3.8) is 0 Å². The van der Waals surface area contributed by atoms with Crippen LogP contribution in [-0.4, -0.2) is 37.9 Å². The van der Waals surface area contributed by atoms with Crippen LogP contribution in [0.25, 0.3) is 10.9 Å². The lowest BCUT2D eigenvalue weighted by molar-refractivity contribution is -0.384. The zero-order valence-corrected chi connectivity index (χ0v) is 16.3. The number of halogens is 1. The van der Waals surface area contributed by atoms with Crippen LogP contribution in [-0.2, 0) is 10.0 Å². The van der Waals surface area contributed by atoms with Gasteiger partial charge in [0.05, 0.1) is 17.7 Å². The molecule has 1 atom stereocenters. The van der Waals surface area contributed by atoms with Crippen molar-refractivity contribution in [2.75, 3.05) is 23.8 Å². The maximum Gasteiger partial charge on any atom is 0.279 e. The molecule has 3 aromatic rings. The molecule has 0 fully saturated rings. The molecule has 146 valence electrons. The van der Waals surface area contributed by atoms with Crippen molar-refractivity contribution in [3.8, 4) is 5.75 Å². The molecule has 1 N–H and O–H groups in total. The van der Waals surface area contributed by atoms with Gasteiger partial charge in [-0.15, -0.1) is 11.6 Å².